The van der Waals surface area contributed by atoms with Gasteiger partial charge >= 0.3 is 0 Å². The fourth-order valence-electron chi connectivity index (χ4n) is 2.42. The van der Waals surface area contributed by atoms with Crippen LogP contribution in [0.2, 0.25) is 5.02 Å². The number of furan rings is 1. The van der Waals surface area contributed by atoms with Crippen molar-refractivity contribution in [3.63, 3.8) is 0 Å². The van der Waals surface area contributed by atoms with Crippen LogP contribution in [0.5, 0.6) is 0 Å². The molecule has 0 radical (unpaired) electrons. The molecule has 2 heterocycles. The Morgan fingerprint density at radius 2 is 2.04 bits per heavy atom. The molecule has 0 spiro atoms. The van der Waals surface area contributed by atoms with Crippen molar-refractivity contribution in [1.82, 2.24) is 14.7 Å². The van der Waals surface area contributed by atoms with Crippen molar-refractivity contribution in [3.05, 3.63) is 70.8 Å². The molecule has 0 aliphatic carbocycles. The third-order valence-electron chi connectivity index (χ3n) is 3.78. The van der Waals surface area contributed by atoms with Crippen molar-refractivity contribution in [2.75, 3.05) is 12.4 Å². The monoisotopic (exact) mass is 372 g/mol. The molecule has 0 saturated heterocycles. The molecule has 0 aliphatic rings. The molecule has 8 heteroatoms. The molecule has 3 rings (SSSR count). The quantitative estimate of drug-likeness (QED) is 0.745. The van der Waals surface area contributed by atoms with Crippen LogP contribution >= 0.6 is 11.6 Å². The van der Waals surface area contributed by atoms with Gasteiger partial charge in [-0.2, -0.15) is 5.10 Å². The van der Waals surface area contributed by atoms with Crippen LogP contribution < -0.4 is 5.32 Å². The Morgan fingerprint density at radius 3 is 2.73 bits per heavy atom. The van der Waals surface area contributed by atoms with E-state index >= 15 is 0 Å². The van der Waals surface area contributed by atoms with Crippen LogP contribution in [0.15, 0.2) is 53.1 Å². The molecule has 0 fully saturated rings. The lowest BCUT2D eigenvalue weighted by molar-refractivity contribution is 0.0768. The van der Waals surface area contributed by atoms with Gasteiger partial charge in [-0.15, -0.1) is 0 Å². The maximum atomic E-state index is 12.5. The Labute approximate surface area is 155 Å². The van der Waals surface area contributed by atoms with Crippen LogP contribution in [0.25, 0.3) is 0 Å². The average Bonchev–Trinajstić information content (AvgIpc) is 3.24. The van der Waals surface area contributed by atoms with Gasteiger partial charge in [0.1, 0.15) is 11.6 Å². The van der Waals surface area contributed by atoms with E-state index in [0.717, 1.165) is 0 Å². The topological polar surface area (TPSA) is 80.4 Å². The Hall–Kier alpha value is -3.06. The Bertz CT molecular complexity index is 934. The Kier molecular flexibility index (Phi) is 5.09. The van der Waals surface area contributed by atoms with Gasteiger partial charge in [0.2, 0.25) is 0 Å². The van der Waals surface area contributed by atoms with Gasteiger partial charge in [0.25, 0.3) is 11.8 Å². The molecule has 2 aromatic heterocycles. The number of aromatic nitrogens is 2. The van der Waals surface area contributed by atoms with Crippen molar-refractivity contribution < 1.29 is 14.0 Å². The predicted octanol–water partition coefficient (Wildman–Crippen LogP) is 3.19. The SMILES string of the molecule is CN(Cc1ccco1)C(=O)c1cc(NC(=O)c2ccccc2Cl)n(C)n1. The third-order valence-corrected chi connectivity index (χ3v) is 4.11. The van der Waals surface area contributed by atoms with E-state index in [9.17, 15) is 9.59 Å². The number of anilines is 1. The second-order valence-corrected chi connectivity index (χ2v) is 6.12. The summed E-state index contributed by atoms with van der Waals surface area (Å²) in [5.74, 6) is 0.408. The molecule has 0 aliphatic heterocycles. The molecular formula is C18H17ClN4O3. The fraction of sp³-hybridized carbons (Fsp3) is 0.167. The lowest BCUT2D eigenvalue weighted by Gasteiger charge is -2.13. The van der Waals surface area contributed by atoms with E-state index in [1.807, 2.05) is 0 Å². The number of hydrogen-bond donors (Lipinski definition) is 1. The molecule has 134 valence electrons. The lowest BCUT2D eigenvalue weighted by atomic mass is 10.2. The standard InChI is InChI=1S/C18H17ClN4O3/c1-22(11-12-6-5-9-26-12)18(25)15-10-16(23(2)21-15)20-17(24)13-7-3-4-8-14(13)19/h3-10H,11H2,1-2H3,(H,20,24). The van der Waals surface area contributed by atoms with E-state index in [4.69, 9.17) is 16.0 Å². The lowest BCUT2D eigenvalue weighted by Crippen LogP contribution is -2.26. The van der Waals surface area contributed by atoms with Crippen molar-refractivity contribution in [3.8, 4) is 0 Å². The van der Waals surface area contributed by atoms with Gasteiger partial charge in [0.05, 0.1) is 23.4 Å². The molecule has 7 nitrogen and oxygen atoms in total. The van der Waals surface area contributed by atoms with Crippen molar-refractivity contribution in [1.29, 1.82) is 0 Å². The first-order chi connectivity index (χ1) is 12.5. The largest absolute Gasteiger partial charge is 0.467 e. The number of amides is 2. The van der Waals surface area contributed by atoms with Gasteiger partial charge in [0, 0.05) is 20.2 Å². The summed E-state index contributed by atoms with van der Waals surface area (Å²) in [6, 6.07) is 11.8. The Morgan fingerprint density at radius 1 is 1.27 bits per heavy atom. The zero-order chi connectivity index (χ0) is 18.7. The smallest absolute Gasteiger partial charge is 0.274 e. The van der Waals surface area contributed by atoms with Crippen LogP contribution in [0.1, 0.15) is 26.6 Å². The first kappa shape index (κ1) is 17.8. The van der Waals surface area contributed by atoms with Crippen LogP contribution in [0, 0.1) is 0 Å². The van der Waals surface area contributed by atoms with Gasteiger partial charge in [-0.1, -0.05) is 23.7 Å². The highest BCUT2D eigenvalue weighted by Crippen LogP contribution is 2.18. The van der Waals surface area contributed by atoms with Crippen LogP contribution in [-0.4, -0.2) is 33.5 Å². The van der Waals surface area contributed by atoms with Crippen LogP contribution in [-0.2, 0) is 13.6 Å². The summed E-state index contributed by atoms with van der Waals surface area (Å²) in [6.45, 7) is 0.323. The molecular weight excluding hydrogens is 356 g/mol. The van der Waals surface area contributed by atoms with Gasteiger partial charge in [-0.25, -0.2) is 0 Å². The minimum Gasteiger partial charge on any atom is -0.467 e. The van der Waals surface area contributed by atoms with E-state index in [2.05, 4.69) is 10.4 Å². The summed E-state index contributed by atoms with van der Waals surface area (Å²) in [5.41, 5.74) is 0.564. The van der Waals surface area contributed by atoms with E-state index in [1.165, 1.54) is 15.6 Å². The number of nitrogens with one attached hydrogen (secondary N) is 1. The minimum atomic E-state index is -0.374. The fourth-order valence-corrected chi connectivity index (χ4v) is 2.64. The first-order valence-electron chi connectivity index (χ1n) is 7.83. The van der Waals surface area contributed by atoms with E-state index < -0.39 is 0 Å². The normalized spacial score (nSPS) is 10.6. The number of nitrogens with zero attached hydrogens (tertiary/aromatic N) is 3. The summed E-state index contributed by atoms with van der Waals surface area (Å²) < 4.78 is 6.68. The summed E-state index contributed by atoms with van der Waals surface area (Å²) in [5, 5.41) is 7.24. The van der Waals surface area contributed by atoms with E-state index in [-0.39, 0.29) is 17.5 Å². The summed E-state index contributed by atoms with van der Waals surface area (Å²) >= 11 is 6.04. The molecule has 0 bridgehead atoms. The number of aryl methyl sites for hydroxylation is 1. The molecule has 0 saturated carbocycles. The zero-order valence-corrected chi connectivity index (χ0v) is 15.0. The zero-order valence-electron chi connectivity index (χ0n) is 14.3. The number of benzene rings is 1. The number of carbonyl (C=O) groups is 2. The highest BCUT2D eigenvalue weighted by atomic mass is 35.5. The highest BCUT2D eigenvalue weighted by Gasteiger charge is 2.19. The number of halogens is 1. The number of carbonyl (C=O) groups excluding carboxylic acids is 2. The minimum absolute atomic E-state index is 0.219. The molecule has 1 N–H and O–H groups in total. The second-order valence-electron chi connectivity index (χ2n) is 5.71. The number of rotatable bonds is 5. The molecule has 0 unspecified atom stereocenters. The van der Waals surface area contributed by atoms with E-state index in [1.54, 1.807) is 56.8 Å². The average molecular weight is 373 g/mol. The molecule has 0 atom stereocenters. The van der Waals surface area contributed by atoms with Gasteiger partial charge < -0.3 is 14.6 Å². The van der Waals surface area contributed by atoms with Crippen molar-refractivity contribution in [2.45, 2.75) is 6.54 Å². The molecule has 3 aromatic rings. The molecule has 26 heavy (non-hydrogen) atoms. The van der Waals surface area contributed by atoms with Crippen molar-refractivity contribution >= 4 is 29.2 Å². The van der Waals surface area contributed by atoms with Crippen molar-refractivity contribution in [2.24, 2.45) is 7.05 Å². The summed E-state index contributed by atoms with van der Waals surface area (Å²) in [6.07, 6.45) is 1.55. The Balaban J connectivity index is 1.73. The van der Waals surface area contributed by atoms with Crippen LogP contribution in [0.4, 0.5) is 5.82 Å². The van der Waals surface area contributed by atoms with Gasteiger partial charge in [-0.3, -0.25) is 14.3 Å². The third kappa shape index (κ3) is 3.78. The maximum Gasteiger partial charge on any atom is 0.274 e. The molecule has 2 amide bonds. The van der Waals surface area contributed by atoms with E-state index in [0.29, 0.717) is 28.7 Å². The maximum absolute atomic E-state index is 12.5. The predicted molar refractivity (Wildman–Crippen MR) is 97.1 cm³/mol. The summed E-state index contributed by atoms with van der Waals surface area (Å²) in [7, 11) is 3.30. The molecule has 1 aromatic carbocycles. The van der Waals surface area contributed by atoms with Gasteiger partial charge in [-0.05, 0) is 24.3 Å². The van der Waals surface area contributed by atoms with Gasteiger partial charge in [0.15, 0.2) is 5.69 Å². The summed E-state index contributed by atoms with van der Waals surface area (Å²) in [4.78, 5) is 26.4. The first-order valence-corrected chi connectivity index (χ1v) is 8.21. The number of hydrogen-bond acceptors (Lipinski definition) is 4. The highest BCUT2D eigenvalue weighted by molar-refractivity contribution is 6.34. The van der Waals surface area contributed by atoms with Crippen LogP contribution in [0.3, 0.4) is 0 Å². The second kappa shape index (κ2) is 7.45.